The van der Waals surface area contributed by atoms with Gasteiger partial charge in [0.15, 0.2) is 5.13 Å². The number of nitrogens with one attached hydrogen (secondary N) is 1. The summed E-state index contributed by atoms with van der Waals surface area (Å²) in [6.07, 6.45) is 0. The molecule has 1 N–H and O–H groups in total. The molecule has 1 amide bonds. The minimum Gasteiger partial charge on any atom is -0.495 e. The molecule has 3 aromatic rings. The van der Waals surface area contributed by atoms with Gasteiger partial charge >= 0.3 is 0 Å². The lowest BCUT2D eigenvalue weighted by molar-refractivity contribution is 0.102. The highest BCUT2D eigenvalue weighted by Gasteiger charge is 2.27. The highest BCUT2D eigenvalue weighted by Crippen LogP contribution is 2.31. The van der Waals surface area contributed by atoms with Gasteiger partial charge in [0.1, 0.15) is 16.4 Å². The molecule has 3 rings (SSSR count). The zero-order valence-corrected chi connectivity index (χ0v) is 19.5. The quantitative estimate of drug-likeness (QED) is 0.515. The molecule has 2 aromatic carbocycles. The van der Waals surface area contributed by atoms with E-state index in [0.717, 1.165) is 16.0 Å². The van der Waals surface area contributed by atoms with E-state index in [9.17, 15) is 13.2 Å². The number of sulfonamides is 1. The van der Waals surface area contributed by atoms with Crippen molar-refractivity contribution >= 4 is 42.6 Å². The number of methoxy groups -OCH3 is 1. The first kappa shape index (κ1) is 23.0. The molecule has 10 heteroatoms. The lowest BCUT2D eigenvalue weighted by Crippen LogP contribution is -2.31. The highest BCUT2D eigenvalue weighted by molar-refractivity contribution is 7.89. The minimum absolute atomic E-state index is 0.0444. The molecule has 0 aliphatic rings. The van der Waals surface area contributed by atoms with Gasteiger partial charge in [0, 0.05) is 18.7 Å². The van der Waals surface area contributed by atoms with Gasteiger partial charge in [-0.2, -0.15) is 4.31 Å². The second kappa shape index (κ2) is 9.63. The fraction of sp³-hybridized carbons (Fsp3) is 0.333. The predicted octanol–water partition coefficient (Wildman–Crippen LogP) is 3.99. The number of benzene rings is 2. The Labute approximate surface area is 185 Å². The van der Waals surface area contributed by atoms with Crippen molar-refractivity contribution in [1.82, 2.24) is 9.29 Å². The largest absolute Gasteiger partial charge is 0.495 e. The third-order valence-electron chi connectivity index (χ3n) is 4.64. The number of rotatable bonds is 9. The summed E-state index contributed by atoms with van der Waals surface area (Å²) in [5.74, 6) is 0.465. The van der Waals surface area contributed by atoms with Gasteiger partial charge in [-0.3, -0.25) is 10.1 Å². The Morgan fingerprint density at radius 3 is 2.52 bits per heavy atom. The molecule has 0 aliphatic heterocycles. The normalized spacial score (nSPS) is 11.6. The fourth-order valence-electron chi connectivity index (χ4n) is 3.11. The summed E-state index contributed by atoms with van der Waals surface area (Å²) >= 11 is 1.32. The number of anilines is 1. The van der Waals surface area contributed by atoms with Crippen LogP contribution in [0.4, 0.5) is 5.13 Å². The first-order valence-electron chi connectivity index (χ1n) is 9.86. The van der Waals surface area contributed by atoms with Crippen LogP contribution in [0.5, 0.6) is 11.5 Å². The summed E-state index contributed by atoms with van der Waals surface area (Å²) < 4.78 is 38.9. The molecule has 1 heterocycles. The Bertz CT molecular complexity index is 1190. The number of hydrogen-bond donors (Lipinski definition) is 1. The summed E-state index contributed by atoms with van der Waals surface area (Å²) in [6, 6.07) is 9.87. The third kappa shape index (κ3) is 4.81. The predicted molar refractivity (Wildman–Crippen MR) is 122 cm³/mol. The molecule has 0 atom stereocenters. The van der Waals surface area contributed by atoms with Crippen LogP contribution < -0.4 is 14.8 Å². The maximum atomic E-state index is 13.0. The van der Waals surface area contributed by atoms with Crippen LogP contribution in [0.3, 0.4) is 0 Å². The van der Waals surface area contributed by atoms with E-state index < -0.39 is 15.9 Å². The van der Waals surface area contributed by atoms with Crippen molar-refractivity contribution in [3.63, 3.8) is 0 Å². The van der Waals surface area contributed by atoms with E-state index in [-0.39, 0.29) is 16.2 Å². The van der Waals surface area contributed by atoms with Gasteiger partial charge in [-0.05, 0) is 43.3 Å². The van der Waals surface area contributed by atoms with Gasteiger partial charge in [0.2, 0.25) is 10.0 Å². The van der Waals surface area contributed by atoms with E-state index >= 15 is 0 Å². The minimum atomic E-state index is -3.80. The van der Waals surface area contributed by atoms with E-state index in [1.54, 1.807) is 13.8 Å². The zero-order chi connectivity index (χ0) is 22.6. The molecule has 0 saturated heterocycles. The molecule has 0 aliphatic carbocycles. The molecule has 8 nitrogen and oxygen atoms in total. The third-order valence-corrected chi connectivity index (χ3v) is 7.65. The topological polar surface area (TPSA) is 97.8 Å². The van der Waals surface area contributed by atoms with E-state index in [1.165, 1.54) is 41.0 Å². The molecule has 0 saturated carbocycles. The summed E-state index contributed by atoms with van der Waals surface area (Å²) in [5.41, 5.74) is 0.934. The number of ether oxygens (including phenoxy) is 2. The summed E-state index contributed by atoms with van der Waals surface area (Å²) in [4.78, 5) is 17.2. The summed E-state index contributed by atoms with van der Waals surface area (Å²) in [6.45, 7) is 6.61. The molecule has 0 unspecified atom stereocenters. The van der Waals surface area contributed by atoms with E-state index in [1.807, 2.05) is 25.1 Å². The van der Waals surface area contributed by atoms with Crippen molar-refractivity contribution in [3.8, 4) is 11.5 Å². The number of amides is 1. The molecular weight excluding hydrogens is 438 g/mol. The second-order valence-corrected chi connectivity index (χ2v) is 9.43. The molecule has 0 radical (unpaired) electrons. The van der Waals surface area contributed by atoms with Crippen molar-refractivity contribution in [1.29, 1.82) is 0 Å². The monoisotopic (exact) mass is 463 g/mol. The molecule has 0 bridgehead atoms. The van der Waals surface area contributed by atoms with Crippen LogP contribution >= 0.6 is 11.3 Å². The van der Waals surface area contributed by atoms with Crippen molar-refractivity contribution in [3.05, 3.63) is 42.0 Å². The fourth-order valence-corrected chi connectivity index (χ4v) is 5.64. The van der Waals surface area contributed by atoms with Crippen LogP contribution in [0.2, 0.25) is 0 Å². The standard InChI is InChI=1S/C21H25N3O5S2/c1-5-24(6-2)31(26,27)19-12-14(8-11-17(19)28-4)20(25)23-21-22-16-10-9-15(29-7-3)13-18(16)30-21/h8-13H,5-7H2,1-4H3,(H,22,23,25). The molecule has 0 fully saturated rings. The Balaban J connectivity index is 1.91. The maximum Gasteiger partial charge on any atom is 0.257 e. The van der Waals surface area contributed by atoms with Gasteiger partial charge in [0.25, 0.3) is 5.91 Å². The van der Waals surface area contributed by atoms with Crippen LogP contribution in [-0.4, -0.2) is 50.4 Å². The van der Waals surface area contributed by atoms with E-state index in [4.69, 9.17) is 9.47 Å². The number of aromatic nitrogens is 1. The average Bonchev–Trinajstić information content (AvgIpc) is 3.15. The summed E-state index contributed by atoms with van der Waals surface area (Å²) in [7, 11) is -2.41. The van der Waals surface area contributed by atoms with Crippen molar-refractivity contribution in [2.45, 2.75) is 25.7 Å². The molecule has 166 valence electrons. The van der Waals surface area contributed by atoms with Gasteiger partial charge in [-0.25, -0.2) is 13.4 Å². The maximum absolute atomic E-state index is 13.0. The van der Waals surface area contributed by atoms with Crippen molar-refractivity contribution < 1.29 is 22.7 Å². The number of carbonyl (C=O) groups is 1. The van der Waals surface area contributed by atoms with E-state index in [0.29, 0.717) is 24.8 Å². The number of thiazole rings is 1. The Morgan fingerprint density at radius 1 is 1.13 bits per heavy atom. The van der Waals surface area contributed by atoms with Crippen LogP contribution in [0.1, 0.15) is 31.1 Å². The molecule has 0 spiro atoms. The van der Waals surface area contributed by atoms with Crippen LogP contribution in [-0.2, 0) is 10.0 Å². The van der Waals surface area contributed by atoms with Crippen LogP contribution in [0.15, 0.2) is 41.3 Å². The second-order valence-electron chi connectivity index (χ2n) is 6.49. The van der Waals surface area contributed by atoms with Gasteiger partial charge in [0.05, 0.1) is 23.9 Å². The summed E-state index contributed by atoms with van der Waals surface area (Å²) in [5, 5.41) is 3.17. The molecular formula is C21H25N3O5S2. The zero-order valence-electron chi connectivity index (χ0n) is 17.8. The lowest BCUT2D eigenvalue weighted by atomic mass is 10.2. The molecule has 1 aromatic heterocycles. The van der Waals surface area contributed by atoms with Crippen molar-refractivity contribution in [2.75, 3.05) is 32.1 Å². The van der Waals surface area contributed by atoms with Gasteiger partial charge in [-0.1, -0.05) is 25.2 Å². The van der Waals surface area contributed by atoms with Crippen LogP contribution in [0, 0.1) is 0 Å². The van der Waals surface area contributed by atoms with Crippen molar-refractivity contribution in [2.24, 2.45) is 0 Å². The lowest BCUT2D eigenvalue weighted by Gasteiger charge is -2.20. The number of nitrogens with zero attached hydrogens (tertiary/aromatic N) is 2. The highest BCUT2D eigenvalue weighted by atomic mass is 32.2. The van der Waals surface area contributed by atoms with Crippen LogP contribution in [0.25, 0.3) is 10.2 Å². The smallest absolute Gasteiger partial charge is 0.257 e. The Kier molecular flexibility index (Phi) is 7.14. The average molecular weight is 464 g/mol. The number of fused-ring (bicyclic) bond motifs is 1. The number of hydrogen-bond acceptors (Lipinski definition) is 7. The number of carbonyl (C=O) groups excluding carboxylic acids is 1. The van der Waals surface area contributed by atoms with E-state index in [2.05, 4.69) is 10.3 Å². The Morgan fingerprint density at radius 2 is 1.87 bits per heavy atom. The Hall–Kier alpha value is -2.69. The van der Waals surface area contributed by atoms with Gasteiger partial charge in [-0.15, -0.1) is 0 Å². The molecule has 31 heavy (non-hydrogen) atoms. The first-order chi connectivity index (χ1) is 14.8. The SMILES string of the molecule is CCOc1ccc2nc(NC(=O)c3ccc(OC)c(S(=O)(=O)N(CC)CC)c3)sc2c1. The first-order valence-corrected chi connectivity index (χ1v) is 12.1. The van der Waals surface area contributed by atoms with Gasteiger partial charge < -0.3 is 9.47 Å².